The Morgan fingerprint density at radius 3 is 2.73 bits per heavy atom. The molecule has 9 nitrogen and oxygen atoms in total. The van der Waals surface area contributed by atoms with Gasteiger partial charge in [-0.2, -0.15) is 0 Å². The van der Waals surface area contributed by atoms with Gasteiger partial charge in [0, 0.05) is 36.7 Å². The van der Waals surface area contributed by atoms with Crippen LogP contribution >= 0.6 is 0 Å². The van der Waals surface area contributed by atoms with Crippen LogP contribution in [-0.4, -0.2) is 48.2 Å². The number of amides is 3. The van der Waals surface area contributed by atoms with Crippen LogP contribution in [0.15, 0.2) is 49.1 Å². The van der Waals surface area contributed by atoms with Gasteiger partial charge < -0.3 is 14.5 Å². The van der Waals surface area contributed by atoms with E-state index in [9.17, 15) is 14.4 Å². The van der Waals surface area contributed by atoms with E-state index in [2.05, 4.69) is 20.3 Å². The van der Waals surface area contributed by atoms with Crippen LogP contribution in [0.1, 0.15) is 28.8 Å². The fourth-order valence-corrected chi connectivity index (χ4v) is 4.79. The molecule has 0 saturated carbocycles. The zero-order valence-electron chi connectivity index (χ0n) is 17.8. The Kier molecular flexibility index (Phi) is 4.19. The molecule has 1 atom stereocenters. The summed E-state index contributed by atoms with van der Waals surface area (Å²) in [5.41, 5.74) is 6.94. The van der Waals surface area contributed by atoms with Gasteiger partial charge in [0.05, 0.1) is 35.1 Å². The lowest BCUT2D eigenvalue weighted by atomic mass is 10.0. The highest BCUT2D eigenvalue weighted by Gasteiger charge is 2.39. The van der Waals surface area contributed by atoms with Crippen LogP contribution in [0, 0.1) is 0 Å². The minimum Gasteiger partial charge on any atom is -0.345 e. The number of piperidine rings is 1. The van der Waals surface area contributed by atoms with Crippen molar-refractivity contribution < 1.29 is 14.4 Å². The molecule has 4 aromatic rings. The van der Waals surface area contributed by atoms with Gasteiger partial charge in [-0.25, -0.2) is 9.97 Å². The normalized spacial score (nSPS) is 18.2. The number of nitrogens with zero attached hydrogens (tertiary/aromatic N) is 4. The molecule has 0 unspecified atom stereocenters. The Bertz CT molecular complexity index is 1470. The topological polar surface area (TPSA) is 113 Å². The van der Waals surface area contributed by atoms with E-state index in [0.29, 0.717) is 18.5 Å². The number of aromatic amines is 1. The van der Waals surface area contributed by atoms with Gasteiger partial charge in [0.1, 0.15) is 6.04 Å². The maximum Gasteiger partial charge on any atom is 0.255 e. The first kappa shape index (κ1) is 19.4. The molecule has 33 heavy (non-hydrogen) atoms. The number of carbonyl (C=O) groups excluding carboxylic acids is 3. The van der Waals surface area contributed by atoms with Crippen LogP contribution in [0.5, 0.6) is 0 Å². The molecular formula is C24H20N6O3. The molecule has 2 aliphatic heterocycles. The minimum atomic E-state index is -0.627. The van der Waals surface area contributed by atoms with Crippen molar-refractivity contribution in [2.75, 3.05) is 0 Å². The van der Waals surface area contributed by atoms with Crippen LogP contribution in [0.3, 0.4) is 0 Å². The van der Waals surface area contributed by atoms with E-state index in [1.54, 1.807) is 23.6 Å². The van der Waals surface area contributed by atoms with Gasteiger partial charge in [0.15, 0.2) is 0 Å². The van der Waals surface area contributed by atoms with Crippen molar-refractivity contribution >= 4 is 28.8 Å². The average molecular weight is 440 g/mol. The number of aromatic nitrogens is 4. The summed E-state index contributed by atoms with van der Waals surface area (Å²) in [4.78, 5) is 50.4. The summed E-state index contributed by atoms with van der Waals surface area (Å²) in [7, 11) is 1.95. The lowest BCUT2D eigenvalue weighted by molar-refractivity contribution is -0.136. The second-order valence-electron chi connectivity index (χ2n) is 8.46. The summed E-state index contributed by atoms with van der Waals surface area (Å²) in [5, 5.41) is 2.34. The van der Waals surface area contributed by atoms with Gasteiger partial charge in [-0.3, -0.25) is 19.7 Å². The van der Waals surface area contributed by atoms with Crippen LogP contribution in [0.4, 0.5) is 0 Å². The highest BCUT2D eigenvalue weighted by Crippen LogP contribution is 2.35. The van der Waals surface area contributed by atoms with Crippen molar-refractivity contribution in [1.82, 2.24) is 29.7 Å². The number of benzene rings is 2. The Morgan fingerprint density at radius 2 is 1.88 bits per heavy atom. The first-order valence-electron chi connectivity index (χ1n) is 10.7. The van der Waals surface area contributed by atoms with Gasteiger partial charge >= 0.3 is 0 Å². The molecule has 0 spiro atoms. The second kappa shape index (κ2) is 7.13. The number of nitrogens with one attached hydrogen (secondary N) is 2. The number of imide groups is 1. The highest BCUT2D eigenvalue weighted by atomic mass is 16.2. The summed E-state index contributed by atoms with van der Waals surface area (Å²) in [6.45, 7) is 0.330. The van der Waals surface area contributed by atoms with Gasteiger partial charge in [0.2, 0.25) is 11.8 Å². The molecule has 9 heteroatoms. The third-order valence-electron chi connectivity index (χ3n) is 6.43. The third-order valence-corrected chi connectivity index (χ3v) is 6.43. The first-order chi connectivity index (χ1) is 16.0. The van der Waals surface area contributed by atoms with Gasteiger partial charge in [0.25, 0.3) is 5.91 Å². The standard InChI is InChI=1S/C24H20N6O3/c1-29-12-27-21(22(29)14-3-5-17-18(9-14)26-11-25-17)13-2-4-16-15(8-13)10-30(24(16)33)19-6-7-20(31)28-23(19)32/h2-5,8-9,11-12,19H,6-7,10H2,1H3,(H,25,26)(H,28,31,32)/t19-/m0/s1. The van der Waals surface area contributed by atoms with Crippen molar-refractivity contribution in [2.45, 2.75) is 25.4 Å². The Hall–Kier alpha value is -4.27. The van der Waals surface area contributed by atoms with Crippen LogP contribution < -0.4 is 5.32 Å². The molecule has 0 radical (unpaired) electrons. The summed E-state index contributed by atoms with van der Waals surface area (Å²) in [6, 6.07) is 11.1. The molecule has 3 amide bonds. The molecule has 0 bridgehead atoms. The molecular weight excluding hydrogens is 420 g/mol. The van der Waals surface area contributed by atoms with Crippen molar-refractivity contribution in [3.63, 3.8) is 0 Å². The zero-order valence-corrected chi connectivity index (χ0v) is 17.8. The molecule has 6 rings (SSSR count). The quantitative estimate of drug-likeness (QED) is 0.475. The summed E-state index contributed by atoms with van der Waals surface area (Å²) in [5.74, 6) is -0.885. The number of imidazole rings is 2. The van der Waals surface area contributed by atoms with E-state index in [0.717, 1.165) is 39.1 Å². The Labute approximate surface area is 188 Å². The smallest absolute Gasteiger partial charge is 0.255 e. The van der Waals surface area contributed by atoms with Crippen LogP contribution in [-0.2, 0) is 23.2 Å². The number of aryl methyl sites for hydroxylation is 1. The monoisotopic (exact) mass is 440 g/mol. The van der Waals surface area contributed by atoms with Crippen LogP contribution in [0.2, 0.25) is 0 Å². The maximum atomic E-state index is 13.0. The SMILES string of the molecule is Cn1cnc(-c2ccc3c(c2)CN([C@H]2CCC(=O)NC2=O)C3=O)c1-c1ccc2nc[nH]c2c1. The predicted octanol–water partition coefficient (Wildman–Crippen LogP) is 2.39. The number of hydrogen-bond donors (Lipinski definition) is 2. The molecule has 4 heterocycles. The van der Waals surface area contributed by atoms with E-state index in [-0.39, 0.29) is 18.2 Å². The maximum absolute atomic E-state index is 13.0. The summed E-state index contributed by atoms with van der Waals surface area (Å²) >= 11 is 0. The van der Waals surface area contributed by atoms with Crippen molar-refractivity contribution in [1.29, 1.82) is 0 Å². The zero-order chi connectivity index (χ0) is 22.7. The number of carbonyl (C=O) groups is 3. The minimum absolute atomic E-state index is 0.183. The van der Waals surface area contributed by atoms with Gasteiger partial charge in [-0.15, -0.1) is 0 Å². The Morgan fingerprint density at radius 1 is 1.03 bits per heavy atom. The van der Waals surface area contributed by atoms with Gasteiger partial charge in [-0.1, -0.05) is 12.1 Å². The Balaban J connectivity index is 1.36. The molecule has 2 aromatic carbocycles. The number of fused-ring (bicyclic) bond motifs is 2. The molecule has 2 aromatic heterocycles. The molecule has 1 saturated heterocycles. The molecule has 2 N–H and O–H groups in total. The summed E-state index contributed by atoms with van der Waals surface area (Å²) < 4.78 is 1.97. The van der Waals surface area contributed by atoms with Crippen molar-refractivity contribution in [3.05, 3.63) is 60.2 Å². The summed E-state index contributed by atoms with van der Waals surface area (Å²) in [6.07, 6.45) is 4.03. The fraction of sp³-hybridized carbons (Fsp3) is 0.208. The number of hydrogen-bond acceptors (Lipinski definition) is 5. The van der Waals surface area contributed by atoms with Crippen LogP contribution in [0.25, 0.3) is 33.5 Å². The molecule has 0 aliphatic carbocycles. The van der Waals surface area contributed by atoms with E-state index in [1.165, 1.54) is 0 Å². The van der Waals surface area contributed by atoms with E-state index in [4.69, 9.17) is 0 Å². The fourth-order valence-electron chi connectivity index (χ4n) is 4.79. The number of H-pyrrole nitrogens is 1. The second-order valence-corrected chi connectivity index (χ2v) is 8.46. The first-order valence-corrected chi connectivity index (χ1v) is 10.7. The van der Waals surface area contributed by atoms with Crippen molar-refractivity contribution in [2.24, 2.45) is 7.05 Å². The molecule has 1 fully saturated rings. The lowest BCUT2D eigenvalue weighted by Crippen LogP contribution is -2.52. The largest absolute Gasteiger partial charge is 0.345 e. The van der Waals surface area contributed by atoms with E-state index < -0.39 is 11.9 Å². The molecule has 164 valence electrons. The van der Waals surface area contributed by atoms with Gasteiger partial charge in [-0.05, 0) is 36.2 Å². The van der Waals surface area contributed by atoms with E-state index >= 15 is 0 Å². The third kappa shape index (κ3) is 3.04. The number of rotatable bonds is 3. The lowest BCUT2D eigenvalue weighted by Gasteiger charge is -2.29. The average Bonchev–Trinajstić information content (AvgIpc) is 3.50. The predicted molar refractivity (Wildman–Crippen MR) is 120 cm³/mol. The molecule has 2 aliphatic rings. The van der Waals surface area contributed by atoms with Crippen molar-refractivity contribution in [3.8, 4) is 22.5 Å². The highest BCUT2D eigenvalue weighted by molar-refractivity contribution is 6.05. The van der Waals surface area contributed by atoms with E-state index in [1.807, 2.05) is 41.9 Å².